The van der Waals surface area contributed by atoms with E-state index in [1.165, 1.54) is 32.3 Å². The van der Waals surface area contributed by atoms with E-state index in [1.807, 2.05) is 24.3 Å². The molecular formula is C52H30O2. The first kappa shape index (κ1) is 29.4. The van der Waals surface area contributed by atoms with Gasteiger partial charge in [-0.2, -0.15) is 0 Å². The lowest BCUT2D eigenvalue weighted by Crippen LogP contribution is -1.93. The van der Waals surface area contributed by atoms with E-state index in [-0.39, 0.29) is 11.5 Å². The van der Waals surface area contributed by atoms with Gasteiger partial charge in [0.15, 0.2) is 0 Å². The SMILES string of the molecule is Oc1c(-c2c(O)c3ccc4ccc5ccc6ccccc6c5c4c3c3ccccc23)c2ccccc2c2c1ccc1ccc3ccc4ccccc4c3c12. The zero-order valence-electron chi connectivity index (χ0n) is 29.1. The summed E-state index contributed by atoms with van der Waals surface area (Å²) in [6.45, 7) is 0. The van der Waals surface area contributed by atoms with Crippen molar-refractivity contribution in [3.05, 3.63) is 170 Å². The quantitative estimate of drug-likeness (QED) is 0.169. The summed E-state index contributed by atoms with van der Waals surface area (Å²) < 4.78 is 0. The zero-order chi connectivity index (χ0) is 35.7. The van der Waals surface area contributed by atoms with Crippen LogP contribution in [0.4, 0.5) is 0 Å². The molecule has 0 saturated carbocycles. The van der Waals surface area contributed by atoms with Crippen LogP contribution in [-0.4, -0.2) is 10.2 Å². The Balaban J connectivity index is 1.28. The second-order valence-corrected chi connectivity index (χ2v) is 14.6. The third-order valence-corrected chi connectivity index (χ3v) is 11.9. The van der Waals surface area contributed by atoms with Gasteiger partial charge < -0.3 is 10.2 Å². The van der Waals surface area contributed by atoms with Gasteiger partial charge in [0.2, 0.25) is 0 Å². The van der Waals surface area contributed by atoms with Crippen LogP contribution >= 0.6 is 0 Å². The van der Waals surface area contributed by atoms with Gasteiger partial charge in [-0.05, 0) is 98.3 Å². The second-order valence-electron chi connectivity index (χ2n) is 14.6. The Morgan fingerprint density at radius 3 is 0.907 bits per heavy atom. The Hall–Kier alpha value is -7.16. The maximum absolute atomic E-state index is 12.7. The summed E-state index contributed by atoms with van der Waals surface area (Å²) in [5.74, 6) is 0.333. The molecular weight excluding hydrogens is 657 g/mol. The Bertz CT molecular complexity index is 3380. The smallest absolute Gasteiger partial charge is 0.132 e. The molecule has 0 heterocycles. The largest absolute Gasteiger partial charge is 0.507 e. The van der Waals surface area contributed by atoms with Crippen molar-refractivity contribution in [2.45, 2.75) is 0 Å². The average Bonchev–Trinajstić information content (AvgIpc) is 3.23. The van der Waals surface area contributed by atoms with Gasteiger partial charge in [0.05, 0.1) is 0 Å². The summed E-state index contributed by atoms with van der Waals surface area (Å²) in [5.41, 5.74) is 1.28. The molecule has 0 aliphatic rings. The lowest BCUT2D eigenvalue weighted by molar-refractivity contribution is 0.476. The van der Waals surface area contributed by atoms with Crippen molar-refractivity contribution in [1.29, 1.82) is 0 Å². The van der Waals surface area contributed by atoms with E-state index >= 15 is 0 Å². The minimum atomic E-state index is 0.167. The molecule has 0 radical (unpaired) electrons. The number of phenols is 2. The van der Waals surface area contributed by atoms with Crippen LogP contribution in [0.1, 0.15) is 0 Å². The number of fused-ring (bicyclic) bond motifs is 18. The van der Waals surface area contributed by atoms with E-state index in [0.717, 1.165) is 75.4 Å². The number of hydrogen-bond acceptors (Lipinski definition) is 2. The van der Waals surface area contributed by atoms with Crippen LogP contribution in [0.3, 0.4) is 0 Å². The molecule has 0 fully saturated rings. The van der Waals surface area contributed by atoms with Gasteiger partial charge in [-0.3, -0.25) is 0 Å². The Morgan fingerprint density at radius 2 is 0.500 bits per heavy atom. The highest BCUT2D eigenvalue weighted by Gasteiger charge is 2.25. The fourth-order valence-electron chi connectivity index (χ4n) is 9.65. The first-order chi connectivity index (χ1) is 26.7. The second kappa shape index (κ2) is 10.7. The minimum absolute atomic E-state index is 0.167. The first-order valence-electron chi connectivity index (χ1n) is 18.5. The van der Waals surface area contributed by atoms with Crippen molar-refractivity contribution in [2.75, 3.05) is 0 Å². The third-order valence-electron chi connectivity index (χ3n) is 11.9. The van der Waals surface area contributed by atoms with Crippen LogP contribution in [0.15, 0.2) is 170 Å². The van der Waals surface area contributed by atoms with Crippen LogP contribution in [0, 0.1) is 0 Å². The molecule has 0 atom stereocenters. The van der Waals surface area contributed by atoms with E-state index in [4.69, 9.17) is 0 Å². The fraction of sp³-hybridized carbons (Fsp3) is 0. The van der Waals surface area contributed by atoms with Gasteiger partial charge in [0.1, 0.15) is 11.5 Å². The van der Waals surface area contributed by atoms with Crippen molar-refractivity contribution in [3.63, 3.8) is 0 Å². The lowest BCUT2D eigenvalue weighted by Gasteiger charge is -2.21. The molecule has 12 aromatic carbocycles. The molecule has 0 aromatic heterocycles. The van der Waals surface area contributed by atoms with Crippen molar-refractivity contribution in [1.82, 2.24) is 0 Å². The molecule has 2 nitrogen and oxygen atoms in total. The van der Waals surface area contributed by atoms with E-state index < -0.39 is 0 Å². The molecule has 0 bridgehead atoms. The van der Waals surface area contributed by atoms with E-state index in [2.05, 4.69) is 146 Å². The van der Waals surface area contributed by atoms with Gasteiger partial charge >= 0.3 is 0 Å². The Kier molecular flexibility index (Phi) is 5.83. The summed E-state index contributed by atoms with van der Waals surface area (Å²) in [6, 6.07) is 59.6. The molecule has 12 rings (SSSR count). The average molecular weight is 687 g/mol. The highest BCUT2D eigenvalue weighted by molar-refractivity contribution is 6.37. The molecule has 0 spiro atoms. The first-order valence-corrected chi connectivity index (χ1v) is 18.5. The van der Waals surface area contributed by atoms with Crippen LogP contribution in [0.5, 0.6) is 11.5 Å². The minimum Gasteiger partial charge on any atom is -0.507 e. The molecule has 2 heteroatoms. The maximum atomic E-state index is 12.7. The fourth-order valence-corrected chi connectivity index (χ4v) is 9.65. The van der Waals surface area contributed by atoms with Gasteiger partial charge in [0.25, 0.3) is 0 Å². The van der Waals surface area contributed by atoms with Gasteiger partial charge in [-0.1, -0.05) is 158 Å². The van der Waals surface area contributed by atoms with Gasteiger partial charge in [0, 0.05) is 32.7 Å². The van der Waals surface area contributed by atoms with Crippen LogP contribution in [0.25, 0.3) is 119 Å². The topological polar surface area (TPSA) is 40.5 Å². The molecule has 2 N–H and O–H groups in total. The number of phenolic OH excluding ortho intramolecular Hbond substituents is 2. The summed E-state index contributed by atoms with van der Waals surface area (Å²) in [5, 5.41) is 46.7. The van der Waals surface area contributed by atoms with E-state index in [9.17, 15) is 10.2 Å². The summed E-state index contributed by atoms with van der Waals surface area (Å²) in [4.78, 5) is 0. The molecule has 54 heavy (non-hydrogen) atoms. The highest BCUT2D eigenvalue weighted by atomic mass is 16.3. The zero-order valence-corrected chi connectivity index (χ0v) is 29.1. The molecule has 0 aliphatic heterocycles. The molecule has 0 saturated heterocycles. The van der Waals surface area contributed by atoms with Crippen molar-refractivity contribution in [3.8, 4) is 22.6 Å². The number of benzene rings is 12. The standard InChI is InChI=1S/C52H30O2/c53-51-41-27-25-33-23-21-31-19-17-29-9-1-3-11-35(29)43(31)45(33)47(41)37-13-5-7-15-39(37)49(51)50-40-16-8-6-14-38(40)48-42(52(50)54)28-26-34-24-22-32-20-18-30-10-2-4-12-36(30)44(32)46(34)48/h1-28,53-54H. The van der Waals surface area contributed by atoms with E-state index in [1.54, 1.807) is 0 Å². The highest BCUT2D eigenvalue weighted by Crippen LogP contribution is 2.54. The molecule has 250 valence electrons. The van der Waals surface area contributed by atoms with Crippen LogP contribution in [-0.2, 0) is 0 Å². The monoisotopic (exact) mass is 686 g/mol. The van der Waals surface area contributed by atoms with Crippen molar-refractivity contribution in [2.24, 2.45) is 0 Å². The molecule has 0 unspecified atom stereocenters. The lowest BCUT2D eigenvalue weighted by atomic mass is 9.83. The van der Waals surface area contributed by atoms with Crippen LogP contribution < -0.4 is 0 Å². The number of rotatable bonds is 1. The third kappa shape index (κ3) is 3.79. The summed E-state index contributed by atoms with van der Waals surface area (Å²) in [6.07, 6.45) is 0. The van der Waals surface area contributed by atoms with E-state index in [0.29, 0.717) is 11.1 Å². The van der Waals surface area contributed by atoms with Gasteiger partial charge in [-0.15, -0.1) is 0 Å². The van der Waals surface area contributed by atoms with Crippen molar-refractivity contribution >= 4 is 108 Å². The predicted molar refractivity (Wildman–Crippen MR) is 230 cm³/mol. The summed E-state index contributed by atoms with van der Waals surface area (Å²) in [7, 11) is 0. The Morgan fingerprint density at radius 1 is 0.204 bits per heavy atom. The summed E-state index contributed by atoms with van der Waals surface area (Å²) >= 11 is 0. The number of hydrogen-bond donors (Lipinski definition) is 2. The molecule has 0 amide bonds. The molecule has 12 aromatic rings. The normalized spacial score (nSPS) is 12.2. The molecule has 0 aliphatic carbocycles. The number of aromatic hydroxyl groups is 2. The van der Waals surface area contributed by atoms with Crippen LogP contribution in [0.2, 0.25) is 0 Å². The van der Waals surface area contributed by atoms with Crippen molar-refractivity contribution < 1.29 is 10.2 Å². The maximum Gasteiger partial charge on any atom is 0.132 e. The Labute approximate surface area is 309 Å². The van der Waals surface area contributed by atoms with Gasteiger partial charge in [-0.25, -0.2) is 0 Å². The predicted octanol–water partition coefficient (Wildman–Crippen LogP) is 14.3.